The second kappa shape index (κ2) is 8.73. The van der Waals surface area contributed by atoms with Crippen molar-refractivity contribution in [3.8, 4) is 11.3 Å². The summed E-state index contributed by atoms with van der Waals surface area (Å²) in [7, 11) is 0. The first kappa shape index (κ1) is 21.7. The Morgan fingerprint density at radius 3 is 2.56 bits per heavy atom. The molecule has 3 aliphatic rings. The molecule has 2 fully saturated rings. The number of hydrogen-bond donors (Lipinski definition) is 1. The number of hydrogen-bond acceptors (Lipinski definition) is 6. The van der Waals surface area contributed by atoms with Gasteiger partial charge < -0.3 is 19.6 Å². The Labute approximate surface area is 201 Å². The van der Waals surface area contributed by atoms with Crippen LogP contribution in [0.4, 0.5) is 11.4 Å². The molecule has 6 rings (SSSR count). The number of aromatic nitrogens is 1. The molecule has 2 atom stereocenters. The van der Waals surface area contributed by atoms with E-state index in [0.29, 0.717) is 11.1 Å². The molecule has 0 saturated carbocycles. The van der Waals surface area contributed by atoms with Crippen LogP contribution < -0.4 is 10.2 Å². The van der Waals surface area contributed by atoms with Gasteiger partial charge >= 0.3 is 0 Å². The largest absolute Gasteiger partial charge is 0.383 e. The van der Waals surface area contributed by atoms with Crippen LogP contribution in [0.25, 0.3) is 22.2 Å². The Bertz CT molecular complexity index is 1220. The Hall–Kier alpha value is -2.86. The van der Waals surface area contributed by atoms with Gasteiger partial charge in [-0.1, -0.05) is 43.3 Å². The number of likely N-dealkylation sites (tertiary alicyclic amines) is 1. The maximum atomic E-state index is 13.7. The number of rotatable bonds is 5. The fourth-order valence-electron chi connectivity index (χ4n) is 6.38. The first-order valence-corrected chi connectivity index (χ1v) is 12.9. The predicted molar refractivity (Wildman–Crippen MR) is 137 cm³/mol. The molecule has 0 amide bonds. The zero-order valence-corrected chi connectivity index (χ0v) is 20.3. The molecule has 1 aromatic heterocycles. The average Bonchev–Trinajstić information content (AvgIpc) is 3.28. The number of fused-ring (bicyclic) bond motifs is 2. The summed E-state index contributed by atoms with van der Waals surface area (Å²) in [4.78, 5) is 18.7. The topological polar surface area (TPSA) is 61.6 Å². The van der Waals surface area contributed by atoms with E-state index in [9.17, 15) is 4.79 Å². The molecular weight excluding hydrogens is 424 g/mol. The Kier molecular flexibility index (Phi) is 5.56. The minimum Gasteiger partial charge on any atom is -0.383 e. The lowest BCUT2D eigenvalue weighted by molar-refractivity contribution is 0.104. The molecular formula is C28H34N4O2. The molecule has 2 saturated heterocycles. The second-order valence-electron chi connectivity index (χ2n) is 10.6. The van der Waals surface area contributed by atoms with Crippen molar-refractivity contribution in [1.29, 1.82) is 0 Å². The SMILES string of the molecule is C[C@H]1C[C@H](C)CN(CCNc2cc(N3CCCCC3)c3noc4c3c2C(=O)c2ccccc2-4)C1. The first-order chi connectivity index (χ1) is 16.6. The molecule has 0 spiro atoms. The number of benzene rings is 2. The molecule has 3 heterocycles. The Morgan fingerprint density at radius 2 is 1.79 bits per heavy atom. The molecule has 2 aliphatic heterocycles. The lowest BCUT2D eigenvalue weighted by Crippen LogP contribution is -2.41. The first-order valence-electron chi connectivity index (χ1n) is 12.9. The second-order valence-corrected chi connectivity index (χ2v) is 10.6. The van der Waals surface area contributed by atoms with E-state index in [4.69, 9.17) is 4.52 Å². The molecule has 1 aliphatic carbocycles. The van der Waals surface area contributed by atoms with Gasteiger partial charge in [0.05, 0.1) is 16.6 Å². The van der Waals surface area contributed by atoms with E-state index in [0.717, 1.165) is 84.7 Å². The van der Waals surface area contributed by atoms with Crippen LogP contribution in [0.3, 0.4) is 0 Å². The van der Waals surface area contributed by atoms with E-state index in [1.54, 1.807) is 0 Å². The smallest absolute Gasteiger partial charge is 0.196 e. The van der Waals surface area contributed by atoms with Gasteiger partial charge in [-0.15, -0.1) is 0 Å². The van der Waals surface area contributed by atoms with E-state index in [2.05, 4.69) is 40.2 Å². The van der Waals surface area contributed by atoms with Crippen molar-refractivity contribution in [2.75, 3.05) is 49.5 Å². The van der Waals surface area contributed by atoms with Crippen molar-refractivity contribution >= 4 is 28.1 Å². The molecule has 0 unspecified atom stereocenters. The van der Waals surface area contributed by atoms with Gasteiger partial charge in [0.2, 0.25) is 0 Å². The summed E-state index contributed by atoms with van der Waals surface area (Å²) in [6.07, 6.45) is 4.95. The monoisotopic (exact) mass is 458 g/mol. The maximum absolute atomic E-state index is 13.7. The van der Waals surface area contributed by atoms with Crippen molar-refractivity contribution in [1.82, 2.24) is 10.1 Å². The van der Waals surface area contributed by atoms with Crippen LogP contribution in [-0.4, -0.2) is 55.1 Å². The summed E-state index contributed by atoms with van der Waals surface area (Å²) >= 11 is 0. The molecule has 34 heavy (non-hydrogen) atoms. The van der Waals surface area contributed by atoms with Crippen LogP contribution in [0.5, 0.6) is 0 Å². The summed E-state index contributed by atoms with van der Waals surface area (Å²) in [5, 5.41) is 9.04. The van der Waals surface area contributed by atoms with Crippen molar-refractivity contribution in [2.24, 2.45) is 11.8 Å². The standard InChI is InChI=1S/C28H34N4O2/c1-18-14-19(2)17-31(16-18)13-10-29-22-15-23(32-11-6-3-7-12-32)26-25-24(22)27(33)20-8-4-5-9-21(20)28(25)34-30-26/h4-5,8-9,15,18-19,29H,3,6-7,10-14,16-17H2,1-2H3/t18-,19-/m0/s1. The summed E-state index contributed by atoms with van der Waals surface area (Å²) in [6, 6.07) is 9.90. The number of nitrogens with one attached hydrogen (secondary N) is 1. The highest BCUT2D eigenvalue weighted by atomic mass is 16.5. The zero-order chi connectivity index (χ0) is 23.2. The molecule has 0 radical (unpaired) electrons. The van der Waals surface area contributed by atoms with Crippen molar-refractivity contribution in [2.45, 2.75) is 39.5 Å². The van der Waals surface area contributed by atoms with Crippen LogP contribution in [0, 0.1) is 11.8 Å². The minimum absolute atomic E-state index is 0.0595. The van der Waals surface area contributed by atoms with Crippen molar-refractivity contribution < 1.29 is 9.32 Å². The quantitative estimate of drug-likeness (QED) is 0.431. The summed E-state index contributed by atoms with van der Waals surface area (Å²) in [5.41, 5.74) is 5.07. The van der Waals surface area contributed by atoms with Gasteiger partial charge in [0, 0.05) is 56.1 Å². The van der Waals surface area contributed by atoms with Gasteiger partial charge in [-0.25, -0.2) is 0 Å². The van der Waals surface area contributed by atoms with Crippen LogP contribution >= 0.6 is 0 Å². The van der Waals surface area contributed by atoms with Crippen LogP contribution in [0.1, 0.15) is 55.5 Å². The van der Waals surface area contributed by atoms with Gasteiger partial charge in [0.1, 0.15) is 5.52 Å². The van der Waals surface area contributed by atoms with E-state index >= 15 is 0 Å². The zero-order valence-electron chi connectivity index (χ0n) is 20.3. The number of nitrogens with zero attached hydrogens (tertiary/aromatic N) is 3. The number of piperidine rings is 2. The van der Waals surface area contributed by atoms with Crippen LogP contribution in [0.2, 0.25) is 0 Å². The highest BCUT2D eigenvalue weighted by molar-refractivity contribution is 6.28. The average molecular weight is 459 g/mol. The third-order valence-electron chi connectivity index (χ3n) is 7.76. The predicted octanol–water partition coefficient (Wildman–Crippen LogP) is 5.42. The lowest BCUT2D eigenvalue weighted by Gasteiger charge is -2.35. The van der Waals surface area contributed by atoms with E-state index in [1.165, 1.54) is 25.7 Å². The molecule has 3 aromatic rings. The number of carbonyl (C=O) groups excluding carboxylic acids is 1. The van der Waals surface area contributed by atoms with Crippen molar-refractivity contribution in [3.05, 3.63) is 41.5 Å². The highest BCUT2D eigenvalue weighted by Gasteiger charge is 2.34. The Morgan fingerprint density at radius 1 is 1.06 bits per heavy atom. The molecule has 6 heteroatoms. The number of carbonyl (C=O) groups is 1. The van der Waals surface area contributed by atoms with Crippen LogP contribution in [0.15, 0.2) is 34.9 Å². The fourth-order valence-corrected chi connectivity index (χ4v) is 6.38. The summed E-state index contributed by atoms with van der Waals surface area (Å²) < 4.78 is 5.92. The molecule has 6 nitrogen and oxygen atoms in total. The third-order valence-corrected chi connectivity index (χ3v) is 7.76. The molecule has 1 N–H and O–H groups in total. The van der Waals surface area contributed by atoms with Gasteiger partial charge in [-0.05, 0) is 43.6 Å². The summed E-state index contributed by atoms with van der Waals surface area (Å²) in [5.74, 6) is 2.26. The van der Waals surface area contributed by atoms with E-state index < -0.39 is 0 Å². The van der Waals surface area contributed by atoms with Crippen molar-refractivity contribution in [3.63, 3.8) is 0 Å². The fraction of sp³-hybridized carbons (Fsp3) is 0.500. The normalized spacial score (nSPS) is 22.8. The van der Waals surface area contributed by atoms with Gasteiger partial charge in [-0.3, -0.25) is 4.79 Å². The lowest BCUT2D eigenvalue weighted by atomic mass is 9.86. The minimum atomic E-state index is 0.0595. The number of ketones is 1. The van der Waals surface area contributed by atoms with E-state index in [-0.39, 0.29) is 5.78 Å². The molecule has 2 aromatic carbocycles. The Balaban J connectivity index is 1.39. The summed E-state index contributed by atoms with van der Waals surface area (Å²) in [6.45, 7) is 10.8. The molecule has 178 valence electrons. The third kappa shape index (κ3) is 3.68. The number of anilines is 2. The maximum Gasteiger partial charge on any atom is 0.196 e. The van der Waals surface area contributed by atoms with Gasteiger partial charge in [-0.2, -0.15) is 0 Å². The van der Waals surface area contributed by atoms with E-state index in [1.807, 2.05) is 24.3 Å². The van der Waals surface area contributed by atoms with Gasteiger partial charge in [0.15, 0.2) is 11.5 Å². The van der Waals surface area contributed by atoms with Crippen LogP contribution in [-0.2, 0) is 0 Å². The highest BCUT2D eigenvalue weighted by Crippen LogP contribution is 2.46. The van der Waals surface area contributed by atoms with Gasteiger partial charge in [0.25, 0.3) is 0 Å². The molecule has 0 bridgehead atoms.